The van der Waals surface area contributed by atoms with Gasteiger partial charge >= 0.3 is 6.09 Å². The van der Waals surface area contributed by atoms with Crippen molar-refractivity contribution in [3.63, 3.8) is 0 Å². The molecule has 0 saturated carbocycles. The molecule has 0 aliphatic carbocycles. The molecule has 0 saturated heterocycles. The second-order valence-electron chi connectivity index (χ2n) is 5.03. The number of alkyl carbamates (subject to hydrolysis) is 1. The van der Waals surface area contributed by atoms with E-state index < -0.39 is 11.9 Å². The van der Waals surface area contributed by atoms with Gasteiger partial charge in [-0.3, -0.25) is 0 Å². The first-order valence-corrected chi connectivity index (χ1v) is 7.63. The van der Waals surface area contributed by atoms with Crippen LogP contribution in [0.15, 0.2) is 22.6 Å². The van der Waals surface area contributed by atoms with E-state index in [0.717, 1.165) is 12.8 Å². The Hall–Kier alpha value is -2.99. The maximum Gasteiger partial charge on any atom is 0.407 e. The molecule has 1 N–H and O–H groups in total. The fraction of sp³-hybridized carbons (Fsp3) is 0.333. The van der Waals surface area contributed by atoms with E-state index in [0.29, 0.717) is 28.9 Å². The number of nitrogens with one attached hydrogen (secondary N) is 1. The molecule has 2 aromatic rings. The number of carbonyl (C=O) groups excluding carboxylic acids is 1. The third kappa shape index (κ3) is 4.50. The van der Waals surface area contributed by atoms with E-state index in [-0.39, 0.29) is 13.0 Å². The van der Waals surface area contributed by atoms with Crippen molar-refractivity contribution in [1.29, 1.82) is 5.26 Å². The number of carbonyl (C=O) groups is 1. The zero-order valence-corrected chi connectivity index (χ0v) is 13.3. The highest BCUT2D eigenvalue weighted by Gasteiger charge is 2.11. The predicted molar refractivity (Wildman–Crippen MR) is 86.6 cm³/mol. The number of hydrogen-bond acceptors (Lipinski definition) is 4. The minimum atomic E-state index is -0.513. The fourth-order valence-corrected chi connectivity index (χ4v) is 2.07. The zero-order valence-electron chi connectivity index (χ0n) is 13.3. The van der Waals surface area contributed by atoms with Gasteiger partial charge < -0.3 is 14.5 Å². The van der Waals surface area contributed by atoms with Gasteiger partial charge in [0.2, 0.25) is 0 Å². The van der Waals surface area contributed by atoms with Gasteiger partial charge in [-0.1, -0.05) is 19.3 Å². The van der Waals surface area contributed by atoms with Gasteiger partial charge in [-0.05, 0) is 24.5 Å². The van der Waals surface area contributed by atoms with Crippen molar-refractivity contribution in [2.75, 3.05) is 13.2 Å². The first-order chi connectivity index (χ1) is 11.7. The summed E-state index contributed by atoms with van der Waals surface area (Å²) in [6.07, 6.45) is 1.22. The van der Waals surface area contributed by atoms with Crippen molar-refractivity contribution in [3.8, 4) is 17.9 Å². The summed E-state index contributed by atoms with van der Waals surface area (Å²) in [7, 11) is 0. The minimum Gasteiger partial charge on any atom is -0.450 e. The van der Waals surface area contributed by atoms with Gasteiger partial charge in [-0.15, -0.1) is 0 Å². The lowest BCUT2D eigenvalue weighted by molar-refractivity contribution is 0.146. The van der Waals surface area contributed by atoms with Crippen LogP contribution >= 0.6 is 0 Å². The van der Waals surface area contributed by atoms with Gasteiger partial charge in [0.05, 0.1) is 25.6 Å². The number of ether oxygens (including phenoxy) is 1. The van der Waals surface area contributed by atoms with E-state index in [4.69, 9.17) is 14.4 Å². The van der Waals surface area contributed by atoms with Crippen molar-refractivity contribution in [2.24, 2.45) is 0 Å². The van der Waals surface area contributed by atoms with Crippen molar-refractivity contribution in [3.05, 3.63) is 35.3 Å². The molecule has 1 aromatic carbocycles. The molecule has 1 aromatic heterocycles. The third-order valence-corrected chi connectivity index (χ3v) is 3.27. The molecule has 0 fully saturated rings. The number of fused-ring (bicyclic) bond motifs is 1. The van der Waals surface area contributed by atoms with Crippen LogP contribution in [0, 0.1) is 29.0 Å². The Morgan fingerprint density at radius 1 is 1.46 bits per heavy atom. The van der Waals surface area contributed by atoms with Crippen molar-refractivity contribution < 1.29 is 18.3 Å². The Morgan fingerprint density at radius 3 is 3.04 bits per heavy atom. The van der Waals surface area contributed by atoms with E-state index in [2.05, 4.69) is 17.2 Å². The van der Waals surface area contributed by atoms with Crippen LogP contribution in [0.4, 0.5) is 9.18 Å². The molecule has 6 heteroatoms. The van der Waals surface area contributed by atoms with E-state index in [1.54, 1.807) is 6.07 Å². The molecular formula is C18H17FN2O3. The van der Waals surface area contributed by atoms with Crippen molar-refractivity contribution >= 4 is 17.1 Å². The van der Waals surface area contributed by atoms with E-state index in [1.165, 1.54) is 12.1 Å². The van der Waals surface area contributed by atoms with Crippen LogP contribution in [0.1, 0.15) is 31.1 Å². The molecule has 0 bridgehead atoms. The molecule has 1 heterocycles. The van der Waals surface area contributed by atoms with Crippen LogP contribution < -0.4 is 5.32 Å². The van der Waals surface area contributed by atoms with Crippen molar-refractivity contribution in [1.82, 2.24) is 5.32 Å². The van der Waals surface area contributed by atoms with Gasteiger partial charge in [-0.2, -0.15) is 5.26 Å². The highest BCUT2D eigenvalue weighted by molar-refractivity contribution is 5.83. The van der Waals surface area contributed by atoms with Gasteiger partial charge in [0.15, 0.2) is 5.76 Å². The molecule has 0 radical (unpaired) electrons. The topological polar surface area (TPSA) is 75.3 Å². The minimum absolute atomic E-state index is 0.0409. The fourth-order valence-electron chi connectivity index (χ4n) is 2.07. The van der Waals surface area contributed by atoms with Gasteiger partial charge in [0, 0.05) is 17.0 Å². The number of halogens is 1. The highest BCUT2D eigenvalue weighted by atomic mass is 19.1. The molecular weight excluding hydrogens is 311 g/mol. The zero-order chi connectivity index (χ0) is 17.4. The summed E-state index contributed by atoms with van der Waals surface area (Å²) in [6.45, 7) is 2.50. The third-order valence-electron chi connectivity index (χ3n) is 3.27. The molecule has 0 aliphatic rings. The Morgan fingerprint density at radius 2 is 2.29 bits per heavy atom. The van der Waals surface area contributed by atoms with E-state index in [1.807, 2.05) is 13.0 Å². The lowest BCUT2D eigenvalue weighted by Crippen LogP contribution is -2.24. The van der Waals surface area contributed by atoms with Crippen LogP contribution in [0.2, 0.25) is 0 Å². The lowest BCUT2D eigenvalue weighted by Gasteiger charge is -2.02. The summed E-state index contributed by atoms with van der Waals surface area (Å²) in [4.78, 5) is 11.3. The normalized spacial score (nSPS) is 9.88. The Labute approximate surface area is 139 Å². The van der Waals surface area contributed by atoms with Crippen LogP contribution in [0.25, 0.3) is 11.0 Å². The molecule has 0 atom stereocenters. The summed E-state index contributed by atoms with van der Waals surface area (Å²) < 4.78 is 24.2. The maximum atomic E-state index is 13.7. The Kier molecular flexibility index (Phi) is 6.22. The smallest absolute Gasteiger partial charge is 0.407 e. The molecule has 5 nitrogen and oxygen atoms in total. The van der Waals surface area contributed by atoms with Crippen LogP contribution in [-0.4, -0.2) is 19.2 Å². The molecule has 124 valence electrons. The monoisotopic (exact) mass is 328 g/mol. The summed E-state index contributed by atoms with van der Waals surface area (Å²) >= 11 is 0. The Bertz CT molecular complexity index is 824. The summed E-state index contributed by atoms with van der Waals surface area (Å²) in [5.74, 6) is 5.39. The van der Waals surface area contributed by atoms with Gasteiger partial charge in [0.1, 0.15) is 11.4 Å². The standard InChI is InChI=1S/C18H17FN2O3/c1-2-3-11-23-18(22)21-10-4-5-13-12-15-14(8-9-20)16(19)6-7-17(15)24-13/h6-7,12H,2-3,8,10-11H2,1H3,(H,21,22). The van der Waals surface area contributed by atoms with Gasteiger partial charge in [0.25, 0.3) is 0 Å². The highest BCUT2D eigenvalue weighted by Crippen LogP contribution is 2.25. The molecule has 0 unspecified atom stereocenters. The number of nitrogens with zero attached hydrogens (tertiary/aromatic N) is 1. The number of amides is 1. The maximum absolute atomic E-state index is 13.7. The van der Waals surface area contributed by atoms with Crippen molar-refractivity contribution in [2.45, 2.75) is 26.2 Å². The summed E-state index contributed by atoms with van der Waals surface area (Å²) in [5, 5.41) is 11.8. The number of furan rings is 1. The first-order valence-electron chi connectivity index (χ1n) is 7.63. The number of benzene rings is 1. The average molecular weight is 328 g/mol. The van der Waals surface area contributed by atoms with Crippen LogP contribution in [0.5, 0.6) is 0 Å². The molecule has 0 aliphatic heterocycles. The number of unbranched alkanes of at least 4 members (excludes halogenated alkanes) is 1. The van der Waals surface area contributed by atoms with E-state index in [9.17, 15) is 9.18 Å². The number of hydrogen-bond donors (Lipinski definition) is 1. The number of nitriles is 1. The number of rotatable bonds is 5. The lowest BCUT2D eigenvalue weighted by atomic mass is 10.1. The average Bonchev–Trinajstić information content (AvgIpc) is 2.98. The molecule has 2 rings (SSSR count). The quantitative estimate of drug-likeness (QED) is 0.673. The van der Waals surface area contributed by atoms with E-state index >= 15 is 0 Å². The predicted octanol–water partition coefficient (Wildman–Crippen LogP) is 3.52. The molecule has 0 spiro atoms. The first kappa shape index (κ1) is 17.4. The second kappa shape index (κ2) is 8.59. The van der Waals surface area contributed by atoms with Crippen LogP contribution in [0.3, 0.4) is 0 Å². The largest absolute Gasteiger partial charge is 0.450 e. The molecule has 24 heavy (non-hydrogen) atoms. The van der Waals surface area contributed by atoms with Crippen LogP contribution in [-0.2, 0) is 11.2 Å². The summed E-state index contributed by atoms with van der Waals surface area (Å²) in [5.41, 5.74) is 0.766. The SMILES string of the molecule is CCCCOC(=O)NCC#Cc1cc2c(CC#N)c(F)ccc2o1. The van der Waals surface area contributed by atoms with Gasteiger partial charge in [-0.25, -0.2) is 9.18 Å². The summed E-state index contributed by atoms with van der Waals surface area (Å²) in [6, 6.07) is 6.30. The second-order valence-corrected chi connectivity index (χ2v) is 5.03. The molecule has 1 amide bonds. The Balaban J connectivity index is 2.00.